The van der Waals surface area contributed by atoms with Crippen molar-refractivity contribution in [1.82, 2.24) is 5.43 Å². The lowest BCUT2D eigenvalue weighted by Gasteiger charge is -2.14. The van der Waals surface area contributed by atoms with Crippen LogP contribution in [-0.4, -0.2) is 0 Å². The molecule has 0 bridgehead atoms. The molecule has 2 nitrogen and oxygen atoms in total. The highest BCUT2D eigenvalue weighted by Gasteiger charge is 2.15. The molecule has 17 heavy (non-hydrogen) atoms. The van der Waals surface area contributed by atoms with Crippen LogP contribution in [0, 0.1) is 11.6 Å². The fourth-order valence-corrected chi connectivity index (χ4v) is 2.44. The highest BCUT2D eigenvalue weighted by molar-refractivity contribution is 7.10. The zero-order chi connectivity index (χ0) is 12.3. The van der Waals surface area contributed by atoms with Crippen molar-refractivity contribution in [2.24, 2.45) is 5.84 Å². The van der Waals surface area contributed by atoms with E-state index in [2.05, 4.69) is 5.43 Å². The van der Waals surface area contributed by atoms with Gasteiger partial charge in [0.1, 0.15) is 0 Å². The number of nitrogens with two attached hydrogens (primary N) is 1. The Hall–Kier alpha value is -1.30. The fraction of sp³-hybridized carbons (Fsp3) is 0.167. The molecule has 1 unspecified atom stereocenters. The molecule has 90 valence electrons. The van der Waals surface area contributed by atoms with Gasteiger partial charge in [-0.05, 0) is 29.5 Å². The highest BCUT2D eigenvalue weighted by Crippen LogP contribution is 2.24. The van der Waals surface area contributed by atoms with Crippen LogP contribution in [0.2, 0.25) is 0 Å². The molecular formula is C12H12F2N2S. The number of hydrogen-bond donors (Lipinski definition) is 2. The molecule has 1 aromatic heterocycles. The minimum Gasteiger partial charge on any atom is -0.271 e. The monoisotopic (exact) mass is 254 g/mol. The topological polar surface area (TPSA) is 38.0 Å². The minimum absolute atomic E-state index is 0.203. The Morgan fingerprint density at radius 3 is 2.71 bits per heavy atom. The molecule has 3 N–H and O–H groups in total. The van der Waals surface area contributed by atoms with E-state index in [0.29, 0.717) is 12.0 Å². The normalized spacial score (nSPS) is 12.6. The smallest absolute Gasteiger partial charge is 0.162 e. The van der Waals surface area contributed by atoms with E-state index in [4.69, 9.17) is 5.84 Å². The first-order valence-electron chi connectivity index (χ1n) is 5.14. The van der Waals surface area contributed by atoms with E-state index in [1.165, 1.54) is 17.4 Å². The Kier molecular flexibility index (Phi) is 3.83. The van der Waals surface area contributed by atoms with Gasteiger partial charge >= 0.3 is 0 Å². The Morgan fingerprint density at radius 2 is 2.06 bits per heavy atom. The van der Waals surface area contributed by atoms with Gasteiger partial charge in [0.05, 0.1) is 6.04 Å². The van der Waals surface area contributed by atoms with E-state index in [1.54, 1.807) is 6.07 Å². The number of thiophene rings is 1. The standard InChI is InChI=1S/C12H12F2N2S/c13-9-4-1-3-8(12(9)14)7-10(16-15)11-5-2-6-17-11/h1-6,10,16H,7,15H2. The lowest BCUT2D eigenvalue weighted by molar-refractivity contribution is 0.483. The molecule has 0 radical (unpaired) electrons. The molecule has 2 rings (SSSR count). The Morgan fingerprint density at radius 1 is 1.24 bits per heavy atom. The van der Waals surface area contributed by atoms with Crippen molar-refractivity contribution in [3.8, 4) is 0 Å². The first kappa shape index (κ1) is 12.2. The van der Waals surface area contributed by atoms with Gasteiger partial charge in [0, 0.05) is 4.88 Å². The molecule has 0 fully saturated rings. The summed E-state index contributed by atoms with van der Waals surface area (Å²) in [5.41, 5.74) is 2.94. The lowest BCUT2D eigenvalue weighted by atomic mass is 10.0. The third-order valence-electron chi connectivity index (χ3n) is 2.54. The summed E-state index contributed by atoms with van der Waals surface area (Å²) in [5.74, 6) is 3.81. The van der Waals surface area contributed by atoms with Gasteiger partial charge in [0.2, 0.25) is 0 Å². The Labute approximate surface area is 102 Å². The Bertz CT molecular complexity index is 485. The summed E-state index contributed by atoms with van der Waals surface area (Å²) >= 11 is 1.53. The maximum absolute atomic E-state index is 13.5. The second-order valence-corrected chi connectivity index (χ2v) is 4.63. The van der Waals surface area contributed by atoms with Gasteiger partial charge in [0.15, 0.2) is 11.6 Å². The Balaban J connectivity index is 2.22. The van der Waals surface area contributed by atoms with Gasteiger partial charge in [-0.3, -0.25) is 11.3 Å². The summed E-state index contributed by atoms with van der Waals surface area (Å²) in [6.07, 6.45) is 0.320. The molecule has 0 spiro atoms. The fourth-order valence-electron chi connectivity index (χ4n) is 1.66. The van der Waals surface area contributed by atoms with E-state index in [9.17, 15) is 8.78 Å². The van der Waals surface area contributed by atoms with Crippen LogP contribution in [0.3, 0.4) is 0 Å². The van der Waals surface area contributed by atoms with E-state index >= 15 is 0 Å². The summed E-state index contributed by atoms with van der Waals surface area (Å²) in [6.45, 7) is 0. The van der Waals surface area contributed by atoms with E-state index in [0.717, 1.165) is 10.9 Å². The molecule has 1 atom stereocenters. The van der Waals surface area contributed by atoms with Crippen molar-refractivity contribution >= 4 is 11.3 Å². The third-order valence-corrected chi connectivity index (χ3v) is 3.53. The molecule has 0 aliphatic carbocycles. The first-order valence-corrected chi connectivity index (χ1v) is 6.02. The molecule has 5 heteroatoms. The van der Waals surface area contributed by atoms with Crippen LogP contribution in [0.4, 0.5) is 8.78 Å². The molecule has 0 saturated carbocycles. The number of hydrazine groups is 1. The molecule has 1 aromatic carbocycles. The predicted molar refractivity (Wildman–Crippen MR) is 64.4 cm³/mol. The van der Waals surface area contributed by atoms with Crippen molar-refractivity contribution in [3.63, 3.8) is 0 Å². The molecule has 0 aliphatic rings. The van der Waals surface area contributed by atoms with Crippen molar-refractivity contribution in [3.05, 3.63) is 57.8 Å². The second-order valence-electron chi connectivity index (χ2n) is 3.65. The van der Waals surface area contributed by atoms with Gasteiger partial charge in [-0.25, -0.2) is 8.78 Å². The largest absolute Gasteiger partial charge is 0.271 e. The number of nitrogens with one attached hydrogen (secondary N) is 1. The zero-order valence-corrected chi connectivity index (χ0v) is 9.81. The van der Waals surface area contributed by atoms with E-state index < -0.39 is 11.6 Å². The van der Waals surface area contributed by atoms with Gasteiger partial charge in [0.25, 0.3) is 0 Å². The summed E-state index contributed by atoms with van der Waals surface area (Å²) in [5, 5.41) is 1.92. The molecule has 0 aliphatic heterocycles. The van der Waals surface area contributed by atoms with E-state index in [1.807, 2.05) is 17.5 Å². The number of hydrogen-bond acceptors (Lipinski definition) is 3. The quantitative estimate of drug-likeness (QED) is 0.650. The SMILES string of the molecule is NNC(Cc1cccc(F)c1F)c1cccs1. The predicted octanol–water partition coefficient (Wildman–Crippen LogP) is 2.77. The maximum Gasteiger partial charge on any atom is 0.162 e. The average molecular weight is 254 g/mol. The van der Waals surface area contributed by atoms with Crippen LogP contribution < -0.4 is 11.3 Å². The van der Waals surface area contributed by atoms with Crippen LogP contribution >= 0.6 is 11.3 Å². The van der Waals surface area contributed by atoms with Crippen molar-refractivity contribution in [1.29, 1.82) is 0 Å². The third kappa shape index (κ3) is 2.69. The van der Waals surface area contributed by atoms with E-state index in [-0.39, 0.29) is 6.04 Å². The summed E-state index contributed by atoms with van der Waals surface area (Å²) in [6, 6.07) is 7.77. The first-order chi connectivity index (χ1) is 8.22. The van der Waals surface area contributed by atoms with Crippen LogP contribution in [0.15, 0.2) is 35.7 Å². The van der Waals surface area contributed by atoms with Crippen molar-refractivity contribution in [2.75, 3.05) is 0 Å². The maximum atomic E-state index is 13.5. The van der Waals surface area contributed by atoms with Gasteiger partial charge < -0.3 is 0 Å². The van der Waals surface area contributed by atoms with Crippen LogP contribution in [0.25, 0.3) is 0 Å². The zero-order valence-electron chi connectivity index (χ0n) is 8.99. The second kappa shape index (κ2) is 5.35. The van der Waals surface area contributed by atoms with Crippen LogP contribution in [-0.2, 0) is 6.42 Å². The molecule has 2 aromatic rings. The molecule has 0 amide bonds. The molecular weight excluding hydrogens is 242 g/mol. The highest BCUT2D eigenvalue weighted by atomic mass is 32.1. The number of benzene rings is 1. The lowest BCUT2D eigenvalue weighted by Crippen LogP contribution is -2.29. The van der Waals surface area contributed by atoms with Gasteiger partial charge in [-0.2, -0.15) is 0 Å². The van der Waals surface area contributed by atoms with Crippen LogP contribution in [0.1, 0.15) is 16.5 Å². The van der Waals surface area contributed by atoms with Gasteiger partial charge in [-0.15, -0.1) is 11.3 Å². The number of rotatable bonds is 4. The molecule has 0 saturated heterocycles. The summed E-state index contributed by atoms with van der Waals surface area (Å²) in [7, 11) is 0. The average Bonchev–Trinajstić information content (AvgIpc) is 2.85. The van der Waals surface area contributed by atoms with Crippen molar-refractivity contribution < 1.29 is 8.78 Å². The summed E-state index contributed by atoms with van der Waals surface area (Å²) < 4.78 is 26.6. The summed E-state index contributed by atoms with van der Waals surface area (Å²) in [4.78, 5) is 0.996. The number of halogens is 2. The van der Waals surface area contributed by atoms with Crippen molar-refractivity contribution in [2.45, 2.75) is 12.5 Å². The van der Waals surface area contributed by atoms with Crippen LogP contribution in [0.5, 0.6) is 0 Å². The minimum atomic E-state index is -0.829. The van der Waals surface area contributed by atoms with Gasteiger partial charge in [-0.1, -0.05) is 18.2 Å². The molecule has 1 heterocycles.